The lowest BCUT2D eigenvalue weighted by Gasteiger charge is -2.36. The number of carbonyl (C=O) groups excluding carboxylic acids is 1. The summed E-state index contributed by atoms with van der Waals surface area (Å²) < 4.78 is 0. The van der Waals surface area contributed by atoms with Gasteiger partial charge in [-0.3, -0.25) is 4.79 Å². The second-order valence-electron chi connectivity index (χ2n) is 5.18. The number of likely N-dealkylation sites (tertiary alicyclic amines) is 1. The van der Waals surface area contributed by atoms with Crippen LogP contribution in [0.4, 0.5) is 0 Å². The van der Waals surface area contributed by atoms with Crippen LogP contribution in [0.2, 0.25) is 0 Å². The van der Waals surface area contributed by atoms with Crippen molar-refractivity contribution in [3.63, 3.8) is 0 Å². The topological polar surface area (TPSA) is 64.0 Å². The van der Waals surface area contributed by atoms with E-state index >= 15 is 0 Å². The number of hydrogen-bond donors (Lipinski definition) is 2. The summed E-state index contributed by atoms with van der Waals surface area (Å²) in [6.45, 7) is 1.35. The van der Waals surface area contributed by atoms with E-state index in [4.69, 9.17) is 0 Å². The van der Waals surface area contributed by atoms with E-state index in [1.165, 1.54) is 12.1 Å². The fraction of sp³-hybridized carbons (Fsp3) is 0.500. The molecular weight excluding hydrogens is 244 g/mol. The summed E-state index contributed by atoms with van der Waals surface area (Å²) in [5, 5.41) is 19.2. The minimum atomic E-state index is -0.334. The molecule has 19 heavy (non-hydrogen) atoms. The number of carbonyl (C=O) groups is 1. The van der Waals surface area contributed by atoms with Crippen LogP contribution in [0.3, 0.4) is 0 Å². The normalized spacial score (nSPS) is 19.7. The molecule has 0 radical (unpaired) electrons. The number of rotatable bonds is 2. The van der Waals surface area contributed by atoms with Gasteiger partial charge in [0.1, 0.15) is 0 Å². The van der Waals surface area contributed by atoms with Gasteiger partial charge in [0.25, 0.3) is 5.91 Å². The van der Waals surface area contributed by atoms with Gasteiger partial charge in [-0.2, -0.15) is 0 Å². The number of nitrogens with zero attached hydrogens (tertiary/aromatic N) is 2. The number of benzene rings is 1. The Kier molecular flexibility index (Phi) is 3.95. The van der Waals surface area contributed by atoms with Gasteiger partial charge < -0.3 is 20.0 Å². The van der Waals surface area contributed by atoms with Gasteiger partial charge in [-0.25, -0.2) is 0 Å². The van der Waals surface area contributed by atoms with Crippen LogP contribution in [0.15, 0.2) is 18.2 Å². The molecule has 1 atom stereocenters. The number of aromatic hydroxyl groups is 2. The van der Waals surface area contributed by atoms with E-state index in [0.29, 0.717) is 19.1 Å². The smallest absolute Gasteiger partial charge is 0.257 e. The zero-order chi connectivity index (χ0) is 14.0. The molecule has 104 valence electrons. The third-order valence-corrected chi connectivity index (χ3v) is 3.66. The zero-order valence-electron chi connectivity index (χ0n) is 11.3. The Morgan fingerprint density at radius 1 is 1.37 bits per heavy atom. The van der Waals surface area contributed by atoms with Crippen LogP contribution >= 0.6 is 0 Å². The first-order chi connectivity index (χ1) is 9.00. The minimum absolute atomic E-state index is 0.166. The van der Waals surface area contributed by atoms with E-state index in [-0.39, 0.29) is 23.0 Å². The molecule has 2 N–H and O–H groups in total. The van der Waals surface area contributed by atoms with Crippen molar-refractivity contribution in [1.82, 2.24) is 9.80 Å². The molecule has 0 aromatic heterocycles. The van der Waals surface area contributed by atoms with Crippen LogP contribution in [0.1, 0.15) is 23.2 Å². The summed E-state index contributed by atoms with van der Waals surface area (Å²) in [4.78, 5) is 16.2. The second kappa shape index (κ2) is 5.48. The first-order valence-electron chi connectivity index (χ1n) is 6.47. The van der Waals surface area contributed by atoms with E-state index in [1.807, 2.05) is 14.1 Å². The van der Waals surface area contributed by atoms with Crippen LogP contribution in [0.25, 0.3) is 0 Å². The molecule has 2 rings (SSSR count). The second-order valence-corrected chi connectivity index (χ2v) is 5.18. The van der Waals surface area contributed by atoms with Gasteiger partial charge in [-0.05, 0) is 39.1 Å². The average Bonchev–Trinajstić information content (AvgIpc) is 2.41. The van der Waals surface area contributed by atoms with Gasteiger partial charge in [0.2, 0.25) is 0 Å². The maximum absolute atomic E-state index is 12.4. The SMILES string of the molecule is CN(C)C1CCCN(C(=O)c2cccc(O)c2O)C1. The molecule has 5 heteroatoms. The number of likely N-dealkylation sites (N-methyl/N-ethyl adjacent to an activating group) is 1. The van der Waals surface area contributed by atoms with Crippen molar-refractivity contribution in [2.24, 2.45) is 0 Å². The van der Waals surface area contributed by atoms with E-state index in [1.54, 1.807) is 11.0 Å². The van der Waals surface area contributed by atoms with Gasteiger partial charge >= 0.3 is 0 Å². The average molecular weight is 264 g/mol. The number of phenolic OH excluding ortho intramolecular Hbond substituents is 2. The van der Waals surface area contributed by atoms with Crippen molar-refractivity contribution in [3.8, 4) is 11.5 Å². The first-order valence-corrected chi connectivity index (χ1v) is 6.47. The van der Waals surface area contributed by atoms with Crippen molar-refractivity contribution < 1.29 is 15.0 Å². The van der Waals surface area contributed by atoms with Crippen LogP contribution in [0.5, 0.6) is 11.5 Å². The van der Waals surface area contributed by atoms with Crippen LogP contribution in [0, 0.1) is 0 Å². The van der Waals surface area contributed by atoms with Crippen molar-refractivity contribution >= 4 is 5.91 Å². The lowest BCUT2D eigenvalue weighted by molar-refractivity contribution is 0.0631. The Morgan fingerprint density at radius 3 is 2.79 bits per heavy atom. The van der Waals surface area contributed by atoms with Gasteiger partial charge in [0.15, 0.2) is 11.5 Å². The molecule has 0 saturated carbocycles. The van der Waals surface area contributed by atoms with Gasteiger partial charge in [0, 0.05) is 19.1 Å². The molecule has 5 nitrogen and oxygen atoms in total. The molecule has 1 amide bonds. The van der Waals surface area contributed by atoms with E-state index in [0.717, 1.165) is 12.8 Å². The molecule has 0 bridgehead atoms. The highest BCUT2D eigenvalue weighted by molar-refractivity contribution is 5.97. The number of hydrogen-bond acceptors (Lipinski definition) is 4. The Morgan fingerprint density at radius 2 is 2.11 bits per heavy atom. The van der Waals surface area contributed by atoms with Crippen molar-refractivity contribution in [1.29, 1.82) is 0 Å². The predicted octanol–water partition coefficient (Wildman–Crippen LogP) is 1.26. The maximum atomic E-state index is 12.4. The van der Waals surface area contributed by atoms with E-state index in [2.05, 4.69) is 4.90 Å². The summed E-state index contributed by atoms with van der Waals surface area (Å²) >= 11 is 0. The molecule has 1 aliphatic rings. The summed E-state index contributed by atoms with van der Waals surface area (Å²) in [7, 11) is 4.01. The van der Waals surface area contributed by atoms with Crippen LogP contribution in [-0.2, 0) is 0 Å². The summed E-state index contributed by atoms with van der Waals surface area (Å²) in [5.41, 5.74) is 0.166. The van der Waals surface area contributed by atoms with Crippen molar-refractivity contribution in [2.45, 2.75) is 18.9 Å². The molecular formula is C14H20N2O3. The molecule has 1 aromatic rings. The van der Waals surface area contributed by atoms with Gasteiger partial charge in [0.05, 0.1) is 5.56 Å². The molecule has 1 saturated heterocycles. The standard InChI is InChI=1S/C14H20N2O3/c1-15(2)10-5-4-8-16(9-10)14(19)11-6-3-7-12(17)13(11)18/h3,6-7,10,17-18H,4-5,8-9H2,1-2H3. The van der Waals surface area contributed by atoms with Crippen LogP contribution < -0.4 is 0 Å². The van der Waals surface area contributed by atoms with Gasteiger partial charge in [-0.1, -0.05) is 6.07 Å². The molecule has 1 aliphatic heterocycles. The maximum Gasteiger partial charge on any atom is 0.257 e. The zero-order valence-corrected chi connectivity index (χ0v) is 11.3. The highest BCUT2D eigenvalue weighted by atomic mass is 16.3. The number of amides is 1. The first kappa shape index (κ1) is 13.7. The van der Waals surface area contributed by atoms with E-state index in [9.17, 15) is 15.0 Å². The Bertz CT molecular complexity index is 474. The molecule has 1 heterocycles. The third kappa shape index (κ3) is 2.81. The van der Waals surface area contributed by atoms with E-state index < -0.39 is 0 Å². The van der Waals surface area contributed by atoms with Crippen molar-refractivity contribution in [2.75, 3.05) is 27.2 Å². The fourth-order valence-electron chi connectivity index (χ4n) is 2.43. The third-order valence-electron chi connectivity index (χ3n) is 3.66. The summed E-state index contributed by atoms with van der Waals surface area (Å²) in [6.07, 6.45) is 2.02. The van der Waals surface area contributed by atoms with Crippen molar-refractivity contribution in [3.05, 3.63) is 23.8 Å². The molecule has 1 aromatic carbocycles. The highest BCUT2D eigenvalue weighted by Crippen LogP contribution is 2.29. The number of para-hydroxylation sites is 1. The van der Waals surface area contributed by atoms with Gasteiger partial charge in [-0.15, -0.1) is 0 Å². The molecule has 0 spiro atoms. The number of phenols is 2. The number of piperidine rings is 1. The summed E-state index contributed by atoms with van der Waals surface area (Å²) in [6, 6.07) is 4.81. The summed E-state index contributed by atoms with van der Waals surface area (Å²) in [5.74, 6) is -0.813. The lowest BCUT2D eigenvalue weighted by atomic mass is 10.0. The fourth-order valence-corrected chi connectivity index (χ4v) is 2.43. The predicted molar refractivity (Wildman–Crippen MR) is 72.4 cm³/mol. The quantitative estimate of drug-likeness (QED) is 0.789. The Balaban J connectivity index is 2.17. The monoisotopic (exact) mass is 264 g/mol. The molecule has 1 fully saturated rings. The largest absolute Gasteiger partial charge is 0.504 e. The molecule has 1 unspecified atom stereocenters. The highest BCUT2D eigenvalue weighted by Gasteiger charge is 2.27. The lowest BCUT2D eigenvalue weighted by Crippen LogP contribution is -2.47. The van der Waals surface area contributed by atoms with Crippen LogP contribution in [-0.4, -0.2) is 59.1 Å². The minimum Gasteiger partial charge on any atom is -0.504 e. The Labute approximate surface area is 113 Å². The molecule has 0 aliphatic carbocycles. The Hall–Kier alpha value is -1.75.